The molecule has 0 unspecified atom stereocenters. The molecule has 122 valence electrons. The van der Waals surface area contributed by atoms with Crippen molar-refractivity contribution in [2.75, 3.05) is 13.7 Å². The molecule has 2 aromatic carbocycles. The van der Waals surface area contributed by atoms with E-state index in [1.165, 1.54) is 0 Å². The van der Waals surface area contributed by atoms with Crippen molar-refractivity contribution in [2.45, 2.75) is 23.8 Å². The minimum atomic E-state index is -3.61. The first-order valence-corrected chi connectivity index (χ1v) is 9.26. The third-order valence-electron chi connectivity index (χ3n) is 4.13. The van der Waals surface area contributed by atoms with Crippen molar-refractivity contribution in [2.24, 2.45) is 0 Å². The molecule has 0 aromatic heterocycles. The van der Waals surface area contributed by atoms with Crippen LogP contribution in [0.1, 0.15) is 24.4 Å². The summed E-state index contributed by atoms with van der Waals surface area (Å²) in [5.74, 6) is 0.757. The van der Waals surface area contributed by atoms with E-state index in [2.05, 4.69) is 0 Å². The minimum Gasteiger partial charge on any atom is -0.497 e. The van der Waals surface area contributed by atoms with Crippen LogP contribution in [0.5, 0.6) is 5.75 Å². The van der Waals surface area contributed by atoms with E-state index in [1.807, 2.05) is 24.3 Å². The quantitative estimate of drug-likeness (QED) is 0.839. The first kappa shape index (κ1) is 16.3. The van der Waals surface area contributed by atoms with Crippen LogP contribution in [0.2, 0.25) is 5.02 Å². The molecule has 1 saturated heterocycles. The molecule has 4 nitrogen and oxygen atoms in total. The molecule has 0 radical (unpaired) electrons. The molecule has 0 spiro atoms. The van der Waals surface area contributed by atoms with Gasteiger partial charge < -0.3 is 4.74 Å². The highest BCUT2D eigenvalue weighted by Gasteiger charge is 2.37. The lowest BCUT2D eigenvalue weighted by molar-refractivity contribution is 0.394. The normalized spacial score (nSPS) is 19.0. The Morgan fingerprint density at radius 2 is 1.83 bits per heavy atom. The van der Waals surface area contributed by atoms with E-state index in [4.69, 9.17) is 16.3 Å². The molecule has 1 aliphatic heterocycles. The van der Waals surface area contributed by atoms with E-state index in [0.717, 1.165) is 24.2 Å². The average molecular weight is 352 g/mol. The number of benzene rings is 2. The van der Waals surface area contributed by atoms with Gasteiger partial charge in [-0.2, -0.15) is 4.31 Å². The van der Waals surface area contributed by atoms with Gasteiger partial charge in [0.1, 0.15) is 10.6 Å². The van der Waals surface area contributed by atoms with Gasteiger partial charge in [0.25, 0.3) is 0 Å². The standard InChI is InChI=1S/C17H18ClNO3S/c1-22-14-10-8-13(9-11-14)16-6-4-12-19(16)23(20,21)17-7-3-2-5-15(17)18/h2-3,5,7-11,16H,4,6,12H2,1H3/t16-/m1/s1. The summed E-state index contributed by atoms with van der Waals surface area (Å²) in [6.45, 7) is 0.504. The Morgan fingerprint density at radius 3 is 2.48 bits per heavy atom. The fraction of sp³-hybridized carbons (Fsp3) is 0.294. The molecule has 23 heavy (non-hydrogen) atoms. The number of hydrogen-bond acceptors (Lipinski definition) is 3. The molecule has 1 fully saturated rings. The van der Waals surface area contributed by atoms with E-state index in [0.29, 0.717) is 6.54 Å². The van der Waals surface area contributed by atoms with Gasteiger partial charge in [0.05, 0.1) is 18.2 Å². The van der Waals surface area contributed by atoms with Gasteiger partial charge in [-0.3, -0.25) is 0 Å². The third-order valence-corrected chi connectivity index (χ3v) is 6.54. The monoisotopic (exact) mass is 351 g/mol. The number of ether oxygens (including phenoxy) is 1. The van der Waals surface area contributed by atoms with Gasteiger partial charge >= 0.3 is 0 Å². The number of rotatable bonds is 4. The van der Waals surface area contributed by atoms with Gasteiger partial charge in [-0.1, -0.05) is 35.9 Å². The Morgan fingerprint density at radius 1 is 1.13 bits per heavy atom. The number of halogens is 1. The summed E-state index contributed by atoms with van der Waals surface area (Å²) in [6, 6.07) is 14.0. The zero-order chi connectivity index (χ0) is 16.4. The average Bonchev–Trinajstić information content (AvgIpc) is 3.05. The Bertz CT molecular complexity index is 790. The SMILES string of the molecule is COc1ccc([C@H]2CCCN2S(=O)(=O)c2ccccc2Cl)cc1. The van der Waals surface area contributed by atoms with E-state index < -0.39 is 10.0 Å². The lowest BCUT2D eigenvalue weighted by Crippen LogP contribution is -2.30. The van der Waals surface area contributed by atoms with Gasteiger partial charge in [0, 0.05) is 6.54 Å². The van der Waals surface area contributed by atoms with Gasteiger partial charge in [-0.05, 0) is 42.7 Å². The molecule has 0 bridgehead atoms. The Labute approximate surface area is 141 Å². The minimum absolute atomic E-state index is 0.165. The summed E-state index contributed by atoms with van der Waals surface area (Å²) >= 11 is 6.10. The largest absolute Gasteiger partial charge is 0.497 e. The van der Waals surface area contributed by atoms with E-state index >= 15 is 0 Å². The van der Waals surface area contributed by atoms with Crippen molar-refractivity contribution in [1.29, 1.82) is 0 Å². The van der Waals surface area contributed by atoms with Gasteiger partial charge in [0.2, 0.25) is 10.0 Å². The van der Waals surface area contributed by atoms with Crippen molar-refractivity contribution in [3.05, 3.63) is 59.1 Å². The second kappa shape index (κ2) is 6.51. The Balaban J connectivity index is 1.96. The van der Waals surface area contributed by atoms with Crippen molar-refractivity contribution in [3.63, 3.8) is 0 Å². The zero-order valence-electron chi connectivity index (χ0n) is 12.8. The second-order valence-electron chi connectivity index (χ2n) is 5.48. The van der Waals surface area contributed by atoms with Crippen molar-refractivity contribution < 1.29 is 13.2 Å². The number of hydrogen-bond donors (Lipinski definition) is 0. The summed E-state index contributed by atoms with van der Waals surface area (Å²) in [4.78, 5) is 0.169. The fourth-order valence-electron chi connectivity index (χ4n) is 2.97. The maximum absolute atomic E-state index is 13.0. The third kappa shape index (κ3) is 3.09. The van der Waals surface area contributed by atoms with Crippen molar-refractivity contribution >= 4 is 21.6 Å². The van der Waals surface area contributed by atoms with Crippen LogP contribution in [0.3, 0.4) is 0 Å². The fourth-order valence-corrected chi connectivity index (χ4v) is 5.14. The van der Waals surface area contributed by atoms with Gasteiger partial charge in [-0.15, -0.1) is 0 Å². The summed E-state index contributed by atoms with van der Waals surface area (Å²) in [6.07, 6.45) is 1.64. The predicted octanol–water partition coefficient (Wildman–Crippen LogP) is 3.87. The number of nitrogens with zero attached hydrogens (tertiary/aromatic N) is 1. The van der Waals surface area contributed by atoms with Crippen molar-refractivity contribution in [3.8, 4) is 5.75 Å². The predicted molar refractivity (Wildman–Crippen MR) is 90.3 cm³/mol. The zero-order valence-corrected chi connectivity index (χ0v) is 14.3. The lowest BCUT2D eigenvalue weighted by Gasteiger charge is -2.25. The molecular formula is C17H18ClNO3S. The second-order valence-corrected chi connectivity index (χ2v) is 7.74. The first-order chi connectivity index (χ1) is 11.0. The Hall–Kier alpha value is -1.56. The summed E-state index contributed by atoms with van der Waals surface area (Å²) in [5, 5.41) is 0.257. The summed E-state index contributed by atoms with van der Waals surface area (Å²) < 4.78 is 32.7. The molecule has 3 rings (SSSR count). The summed E-state index contributed by atoms with van der Waals surface area (Å²) in [5.41, 5.74) is 0.971. The molecule has 0 aliphatic carbocycles. The number of methoxy groups -OCH3 is 1. The van der Waals surface area contributed by atoms with Crippen molar-refractivity contribution in [1.82, 2.24) is 4.31 Å². The highest BCUT2D eigenvalue weighted by Crippen LogP contribution is 2.38. The molecule has 6 heteroatoms. The van der Waals surface area contributed by atoms with Crippen LogP contribution in [-0.2, 0) is 10.0 Å². The molecule has 0 saturated carbocycles. The van der Waals surface area contributed by atoms with Crippen LogP contribution in [0.25, 0.3) is 0 Å². The van der Waals surface area contributed by atoms with E-state index in [1.54, 1.807) is 35.7 Å². The van der Waals surface area contributed by atoms with Crippen LogP contribution >= 0.6 is 11.6 Å². The molecule has 0 amide bonds. The highest BCUT2D eigenvalue weighted by molar-refractivity contribution is 7.89. The Kier molecular flexibility index (Phi) is 4.62. The first-order valence-electron chi connectivity index (χ1n) is 7.44. The molecule has 0 N–H and O–H groups in total. The topological polar surface area (TPSA) is 46.6 Å². The maximum atomic E-state index is 13.0. The maximum Gasteiger partial charge on any atom is 0.245 e. The van der Waals surface area contributed by atoms with Crippen LogP contribution in [0.15, 0.2) is 53.4 Å². The van der Waals surface area contributed by atoms with Crippen LogP contribution in [-0.4, -0.2) is 26.4 Å². The van der Waals surface area contributed by atoms with Crippen LogP contribution in [0, 0.1) is 0 Å². The van der Waals surface area contributed by atoms with E-state index in [9.17, 15) is 8.42 Å². The molecular weight excluding hydrogens is 334 g/mol. The van der Waals surface area contributed by atoms with Crippen LogP contribution < -0.4 is 4.74 Å². The summed E-state index contributed by atoms with van der Waals surface area (Å²) in [7, 11) is -2.00. The molecule has 2 aromatic rings. The number of sulfonamides is 1. The highest BCUT2D eigenvalue weighted by atomic mass is 35.5. The lowest BCUT2D eigenvalue weighted by atomic mass is 10.1. The van der Waals surface area contributed by atoms with Crippen LogP contribution in [0.4, 0.5) is 0 Å². The molecule has 1 aliphatic rings. The van der Waals surface area contributed by atoms with E-state index in [-0.39, 0.29) is 16.0 Å². The molecule has 1 heterocycles. The smallest absolute Gasteiger partial charge is 0.245 e. The molecule has 1 atom stereocenters. The van der Waals surface area contributed by atoms with Gasteiger partial charge in [0.15, 0.2) is 0 Å². The van der Waals surface area contributed by atoms with Gasteiger partial charge in [-0.25, -0.2) is 8.42 Å².